The van der Waals surface area contributed by atoms with Gasteiger partial charge >= 0.3 is 5.97 Å². The van der Waals surface area contributed by atoms with Gasteiger partial charge in [-0.3, -0.25) is 4.79 Å². The van der Waals surface area contributed by atoms with E-state index in [1.165, 1.54) is 12.2 Å². The molecular weight excluding hydrogens is 198 g/mol. The van der Waals surface area contributed by atoms with Crippen molar-refractivity contribution < 1.29 is 9.90 Å². The Balaban J connectivity index is 2.20. The summed E-state index contributed by atoms with van der Waals surface area (Å²) in [7, 11) is 2.11. The van der Waals surface area contributed by atoms with E-state index in [-0.39, 0.29) is 0 Å². The summed E-state index contributed by atoms with van der Waals surface area (Å²) < 4.78 is 0. The van der Waals surface area contributed by atoms with Crippen LogP contribution in [-0.4, -0.2) is 46.6 Å². The van der Waals surface area contributed by atoms with Crippen molar-refractivity contribution in [2.24, 2.45) is 0 Å². The molecule has 3 nitrogen and oxygen atoms in total. The predicted molar refractivity (Wildman–Crippen MR) is 59.8 cm³/mol. The highest BCUT2D eigenvalue weighted by Gasteiger charge is 2.26. The van der Waals surface area contributed by atoms with Crippen molar-refractivity contribution in [1.29, 1.82) is 0 Å². The molecule has 0 radical (unpaired) electrons. The largest absolute Gasteiger partial charge is 0.481 e. The number of rotatable bonds is 5. The van der Waals surface area contributed by atoms with Crippen LogP contribution in [0, 0.1) is 0 Å². The smallest absolute Gasteiger partial charge is 0.303 e. The summed E-state index contributed by atoms with van der Waals surface area (Å²) >= 11 is 2.02. The fraction of sp³-hybridized carbons (Fsp3) is 0.900. The van der Waals surface area contributed by atoms with Gasteiger partial charge in [-0.15, -0.1) is 0 Å². The number of carbonyl (C=O) groups is 1. The van der Waals surface area contributed by atoms with E-state index in [1.807, 2.05) is 11.8 Å². The third-order valence-electron chi connectivity index (χ3n) is 2.80. The summed E-state index contributed by atoms with van der Waals surface area (Å²) in [6.45, 7) is 3.16. The lowest BCUT2D eigenvalue weighted by atomic mass is 10.1. The number of nitrogens with zero attached hydrogens (tertiary/aromatic N) is 1. The molecule has 1 aliphatic heterocycles. The van der Waals surface area contributed by atoms with E-state index in [1.54, 1.807) is 0 Å². The summed E-state index contributed by atoms with van der Waals surface area (Å²) in [4.78, 5) is 12.7. The fourth-order valence-corrected chi connectivity index (χ4v) is 3.26. The van der Waals surface area contributed by atoms with Crippen LogP contribution in [0.1, 0.15) is 26.2 Å². The van der Waals surface area contributed by atoms with Crippen LogP contribution in [-0.2, 0) is 4.79 Å². The standard InChI is InChI=1S/C10H19NO2S/c1-8-9(5-7-14-8)11(2)6-3-4-10(12)13/h8-9H,3-7H2,1-2H3,(H,12,13). The number of thioether (sulfide) groups is 1. The molecule has 0 aromatic carbocycles. The van der Waals surface area contributed by atoms with Crippen molar-refractivity contribution in [3.05, 3.63) is 0 Å². The monoisotopic (exact) mass is 217 g/mol. The Hall–Kier alpha value is -0.220. The average molecular weight is 217 g/mol. The molecule has 0 aromatic rings. The number of carboxylic acids is 1. The maximum atomic E-state index is 10.3. The first-order chi connectivity index (χ1) is 6.61. The van der Waals surface area contributed by atoms with Gasteiger partial charge in [0.05, 0.1) is 0 Å². The van der Waals surface area contributed by atoms with E-state index in [2.05, 4.69) is 18.9 Å². The van der Waals surface area contributed by atoms with Crippen molar-refractivity contribution in [3.8, 4) is 0 Å². The summed E-state index contributed by atoms with van der Waals surface area (Å²) in [6, 6.07) is 0.647. The zero-order valence-electron chi connectivity index (χ0n) is 8.90. The van der Waals surface area contributed by atoms with Crippen molar-refractivity contribution in [2.75, 3.05) is 19.3 Å². The van der Waals surface area contributed by atoms with Crippen LogP contribution >= 0.6 is 11.8 Å². The number of hydrogen-bond donors (Lipinski definition) is 1. The molecule has 1 N–H and O–H groups in total. The van der Waals surface area contributed by atoms with E-state index in [4.69, 9.17) is 5.11 Å². The SMILES string of the molecule is CC1SCCC1N(C)CCCC(=O)O. The molecule has 0 spiro atoms. The third-order valence-corrected chi connectivity index (χ3v) is 4.12. The Bertz CT molecular complexity index is 199. The summed E-state index contributed by atoms with van der Waals surface area (Å²) in [5.74, 6) is 0.557. The maximum Gasteiger partial charge on any atom is 0.303 e. The molecule has 0 bridgehead atoms. The minimum absolute atomic E-state index is 0.290. The Morgan fingerprint density at radius 1 is 1.64 bits per heavy atom. The summed E-state index contributed by atoms with van der Waals surface area (Å²) in [6.07, 6.45) is 2.30. The lowest BCUT2D eigenvalue weighted by molar-refractivity contribution is -0.137. The molecule has 1 heterocycles. The number of aliphatic carboxylic acids is 1. The van der Waals surface area contributed by atoms with Gasteiger partial charge in [-0.2, -0.15) is 11.8 Å². The van der Waals surface area contributed by atoms with Gasteiger partial charge in [0.2, 0.25) is 0 Å². The highest BCUT2D eigenvalue weighted by atomic mass is 32.2. The predicted octanol–water partition coefficient (Wildman–Crippen LogP) is 1.68. The number of carboxylic acid groups (broad SMARTS) is 1. The van der Waals surface area contributed by atoms with E-state index in [0.717, 1.165) is 13.0 Å². The van der Waals surface area contributed by atoms with Crippen LogP contribution < -0.4 is 0 Å². The maximum absolute atomic E-state index is 10.3. The third kappa shape index (κ3) is 3.50. The van der Waals surface area contributed by atoms with Crippen LogP contribution in [0.4, 0.5) is 0 Å². The van der Waals surface area contributed by atoms with Crippen molar-refractivity contribution in [1.82, 2.24) is 4.90 Å². The van der Waals surface area contributed by atoms with E-state index < -0.39 is 5.97 Å². The van der Waals surface area contributed by atoms with Gasteiger partial charge in [-0.1, -0.05) is 6.92 Å². The molecule has 0 amide bonds. The minimum atomic E-state index is -0.688. The van der Waals surface area contributed by atoms with Gasteiger partial charge in [0.25, 0.3) is 0 Å². The first kappa shape index (κ1) is 11.9. The quantitative estimate of drug-likeness (QED) is 0.760. The highest BCUT2D eigenvalue weighted by molar-refractivity contribution is 8.00. The van der Waals surface area contributed by atoms with E-state index in [9.17, 15) is 4.79 Å². The molecule has 4 heteroatoms. The van der Waals surface area contributed by atoms with E-state index in [0.29, 0.717) is 17.7 Å². The van der Waals surface area contributed by atoms with E-state index >= 15 is 0 Å². The zero-order valence-corrected chi connectivity index (χ0v) is 9.72. The van der Waals surface area contributed by atoms with Gasteiger partial charge in [-0.05, 0) is 32.2 Å². The lowest BCUT2D eigenvalue weighted by Crippen LogP contribution is -2.36. The molecule has 0 aromatic heterocycles. The Morgan fingerprint density at radius 3 is 2.86 bits per heavy atom. The van der Waals surface area contributed by atoms with Gasteiger partial charge in [-0.25, -0.2) is 0 Å². The van der Waals surface area contributed by atoms with Crippen molar-refractivity contribution in [3.63, 3.8) is 0 Å². The second-order valence-electron chi connectivity index (χ2n) is 3.91. The minimum Gasteiger partial charge on any atom is -0.481 e. The van der Waals surface area contributed by atoms with Crippen LogP contribution in [0.25, 0.3) is 0 Å². The molecule has 0 aliphatic carbocycles. The molecular formula is C10H19NO2S. The molecule has 0 saturated carbocycles. The van der Waals surface area contributed by atoms with Crippen molar-refractivity contribution in [2.45, 2.75) is 37.5 Å². The average Bonchev–Trinajstić information content (AvgIpc) is 2.50. The van der Waals surface area contributed by atoms with Gasteiger partial charge < -0.3 is 10.0 Å². The van der Waals surface area contributed by atoms with Crippen LogP contribution in [0.2, 0.25) is 0 Å². The van der Waals surface area contributed by atoms with Gasteiger partial charge in [0.1, 0.15) is 0 Å². The second kappa shape index (κ2) is 5.61. The Kier molecular flexibility index (Phi) is 4.75. The van der Waals surface area contributed by atoms with Gasteiger partial charge in [0.15, 0.2) is 0 Å². The Labute approximate surface area is 89.9 Å². The molecule has 1 aliphatic rings. The number of hydrogen-bond acceptors (Lipinski definition) is 3. The first-order valence-corrected chi connectivity index (χ1v) is 6.19. The summed E-state index contributed by atoms with van der Waals surface area (Å²) in [5.41, 5.74) is 0. The molecule has 1 rings (SSSR count). The molecule has 2 unspecified atom stereocenters. The highest BCUT2D eigenvalue weighted by Crippen LogP contribution is 2.29. The van der Waals surface area contributed by atoms with Crippen LogP contribution in [0.5, 0.6) is 0 Å². The van der Waals surface area contributed by atoms with Crippen LogP contribution in [0.15, 0.2) is 0 Å². The zero-order chi connectivity index (χ0) is 10.6. The second-order valence-corrected chi connectivity index (χ2v) is 5.39. The summed E-state index contributed by atoms with van der Waals surface area (Å²) in [5, 5.41) is 9.22. The lowest BCUT2D eigenvalue weighted by Gasteiger charge is -2.26. The molecule has 14 heavy (non-hydrogen) atoms. The normalized spacial score (nSPS) is 27.1. The topological polar surface area (TPSA) is 40.5 Å². The van der Waals surface area contributed by atoms with Crippen LogP contribution in [0.3, 0.4) is 0 Å². The molecule has 1 saturated heterocycles. The van der Waals surface area contributed by atoms with Gasteiger partial charge in [0, 0.05) is 17.7 Å². The molecule has 1 fully saturated rings. The van der Waals surface area contributed by atoms with Crippen molar-refractivity contribution >= 4 is 17.7 Å². The Morgan fingerprint density at radius 2 is 2.36 bits per heavy atom. The molecule has 82 valence electrons. The fourth-order valence-electron chi connectivity index (χ4n) is 1.94. The molecule has 2 atom stereocenters. The first-order valence-electron chi connectivity index (χ1n) is 5.15.